The molecule has 3 N–H and O–H groups in total. The molecule has 1 aliphatic heterocycles. The summed E-state index contributed by atoms with van der Waals surface area (Å²) in [4.78, 5) is 31.9. The van der Waals surface area contributed by atoms with Gasteiger partial charge >= 0.3 is 0 Å². The average Bonchev–Trinajstić information content (AvgIpc) is 2.85. The number of nitrogen functional groups attached to an aromatic ring is 1. The van der Waals surface area contributed by atoms with Crippen molar-refractivity contribution in [2.75, 3.05) is 25.4 Å². The summed E-state index contributed by atoms with van der Waals surface area (Å²) in [5, 5.41) is 3.03. The third kappa shape index (κ3) is 4.90. The lowest BCUT2D eigenvalue weighted by Gasteiger charge is -2.41. The Hall–Kier alpha value is -3.67. The minimum atomic E-state index is -0.540. The molecule has 0 radical (unpaired) electrons. The predicted octanol–water partition coefficient (Wildman–Crippen LogP) is 3.93. The standard InChI is InChI=1S/C27H30N4O2/c1-2-29-26(33)27(19-20-10-12-22(13-11-20)21-7-4-3-5-8-21)14-17-31(18-15-27)25(32)23-9-6-16-30-24(23)28/h3-13,16H,2,14-15,17-19H2,1H3,(H2,28,30)(H,29,33). The van der Waals surface area contributed by atoms with E-state index >= 15 is 0 Å². The Bertz CT molecular complexity index is 1100. The number of nitrogens with two attached hydrogens (primary N) is 1. The van der Waals surface area contributed by atoms with Gasteiger partial charge in [0.1, 0.15) is 5.82 Å². The van der Waals surface area contributed by atoms with Crippen LogP contribution in [0.3, 0.4) is 0 Å². The van der Waals surface area contributed by atoms with Crippen molar-refractivity contribution in [1.82, 2.24) is 15.2 Å². The summed E-state index contributed by atoms with van der Waals surface area (Å²) in [5.41, 5.74) is 9.23. The van der Waals surface area contributed by atoms with Crippen LogP contribution >= 0.6 is 0 Å². The van der Waals surface area contributed by atoms with Gasteiger partial charge in [-0.25, -0.2) is 4.98 Å². The Labute approximate surface area is 194 Å². The van der Waals surface area contributed by atoms with E-state index in [2.05, 4.69) is 46.7 Å². The molecule has 0 saturated carbocycles. The molecule has 3 aromatic rings. The van der Waals surface area contributed by atoms with Gasteiger partial charge in [0.25, 0.3) is 5.91 Å². The highest BCUT2D eigenvalue weighted by Gasteiger charge is 2.42. The lowest BCUT2D eigenvalue weighted by Crippen LogP contribution is -2.51. The van der Waals surface area contributed by atoms with Gasteiger partial charge in [0.15, 0.2) is 0 Å². The molecule has 2 heterocycles. The van der Waals surface area contributed by atoms with Crippen molar-refractivity contribution >= 4 is 17.6 Å². The molecular formula is C27H30N4O2. The number of pyridine rings is 1. The van der Waals surface area contributed by atoms with Gasteiger partial charge in [0.05, 0.1) is 11.0 Å². The van der Waals surface area contributed by atoms with Gasteiger partial charge < -0.3 is 16.0 Å². The van der Waals surface area contributed by atoms with Gasteiger partial charge in [0.2, 0.25) is 5.91 Å². The quantitative estimate of drug-likeness (QED) is 0.605. The van der Waals surface area contributed by atoms with E-state index in [1.807, 2.05) is 25.1 Å². The zero-order chi connectivity index (χ0) is 23.3. The number of anilines is 1. The second-order valence-corrected chi connectivity index (χ2v) is 8.61. The summed E-state index contributed by atoms with van der Waals surface area (Å²) in [7, 11) is 0. The molecule has 2 amide bonds. The van der Waals surface area contributed by atoms with Crippen molar-refractivity contribution < 1.29 is 9.59 Å². The summed E-state index contributed by atoms with van der Waals surface area (Å²) < 4.78 is 0. The molecule has 0 unspecified atom stereocenters. The zero-order valence-corrected chi connectivity index (χ0v) is 19.0. The van der Waals surface area contributed by atoms with Crippen LogP contribution in [0, 0.1) is 5.41 Å². The largest absolute Gasteiger partial charge is 0.383 e. The lowest BCUT2D eigenvalue weighted by atomic mass is 9.72. The molecule has 33 heavy (non-hydrogen) atoms. The second kappa shape index (κ2) is 9.86. The first-order valence-corrected chi connectivity index (χ1v) is 11.4. The molecule has 1 aliphatic rings. The fourth-order valence-electron chi connectivity index (χ4n) is 4.58. The van der Waals surface area contributed by atoms with E-state index in [0.717, 1.165) is 11.1 Å². The van der Waals surface area contributed by atoms with Gasteiger partial charge in [-0.05, 0) is 55.0 Å². The molecular weight excluding hydrogens is 412 g/mol. The molecule has 0 spiro atoms. The first-order valence-electron chi connectivity index (χ1n) is 11.4. The number of piperidine rings is 1. The summed E-state index contributed by atoms with van der Waals surface area (Å²) in [6.45, 7) is 3.53. The first-order chi connectivity index (χ1) is 16.0. The van der Waals surface area contributed by atoms with Crippen molar-refractivity contribution in [2.45, 2.75) is 26.2 Å². The van der Waals surface area contributed by atoms with Crippen LogP contribution in [-0.2, 0) is 11.2 Å². The third-order valence-corrected chi connectivity index (χ3v) is 6.50. The summed E-state index contributed by atoms with van der Waals surface area (Å²) in [6, 6.07) is 22.1. The second-order valence-electron chi connectivity index (χ2n) is 8.61. The van der Waals surface area contributed by atoms with Crippen LogP contribution in [0.4, 0.5) is 5.82 Å². The van der Waals surface area contributed by atoms with Crippen LogP contribution < -0.4 is 11.1 Å². The number of aromatic nitrogens is 1. The maximum Gasteiger partial charge on any atom is 0.257 e. The highest BCUT2D eigenvalue weighted by molar-refractivity contribution is 5.98. The Morgan fingerprint density at radius 1 is 0.970 bits per heavy atom. The molecule has 2 aromatic carbocycles. The van der Waals surface area contributed by atoms with E-state index in [1.54, 1.807) is 23.2 Å². The monoisotopic (exact) mass is 442 g/mol. The fourth-order valence-corrected chi connectivity index (χ4v) is 4.58. The molecule has 1 saturated heterocycles. The average molecular weight is 443 g/mol. The van der Waals surface area contributed by atoms with Crippen LogP contribution in [0.5, 0.6) is 0 Å². The molecule has 6 nitrogen and oxygen atoms in total. The van der Waals surface area contributed by atoms with Crippen molar-refractivity contribution in [1.29, 1.82) is 0 Å². The minimum Gasteiger partial charge on any atom is -0.383 e. The van der Waals surface area contributed by atoms with Gasteiger partial charge in [-0.1, -0.05) is 54.6 Å². The van der Waals surface area contributed by atoms with Crippen LogP contribution in [0.25, 0.3) is 11.1 Å². The van der Waals surface area contributed by atoms with Gasteiger partial charge in [-0.2, -0.15) is 0 Å². The number of hydrogen-bond donors (Lipinski definition) is 2. The fraction of sp³-hybridized carbons (Fsp3) is 0.296. The van der Waals surface area contributed by atoms with Crippen molar-refractivity contribution in [3.63, 3.8) is 0 Å². The molecule has 4 rings (SSSR count). The van der Waals surface area contributed by atoms with Crippen molar-refractivity contribution in [3.05, 3.63) is 84.1 Å². The zero-order valence-electron chi connectivity index (χ0n) is 19.0. The van der Waals surface area contributed by atoms with Crippen molar-refractivity contribution in [3.8, 4) is 11.1 Å². The van der Waals surface area contributed by atoms with Gasteiger partial charge in [-0.15, -0.1) is 0 Å². The summed E-state index contributed by atoms with van der Waals surface area (Å²) >= 11 is 0. The SMILES string of the molecule is CCNC(=O)C1(Cc2ccc(-c3ccccc3)cc2)CCN(C(=O)c2cccnc2N)CC1. The molecule has 0 aliphatic carbocycles. The maximum absolute atomic E-state index is 13.2. The number of hydrogen-bond acceptors (Lipinski definition) is 4. The van der Waals surface area contributed by atoms with Crippen LogP contribution in [0.2, 0.25) is 0 Å². The smallest absolute Gasteiger partial charge is 0.257 e. The number of amides is 2. The number of carbonyl (C=O) groups excluding carboxylic acids is 2. The van der Waals surface area contributed by atoms with E-state index in [9.17, 15) is 9.59 Å². The molecule has 170 valence electrons. The Morgan fingerprint density at radius 3 is 2.27 bits per heavy atom. The highest BCUT2D eigenvalue weighted by Crippen LogP contribution is 2.36. The third-order valence-electron chi connectivity index (χ3n) is 6.50. The number of nitrogens with one attached hydrogen (secondary N) is 1. The molecule has 1 fully saturated rings. The van der Waals surface area contributed by atoms with Gasteiger partial charge in [-0.3, -0.25) is 9.59 Å². The van der Waals surface area contributed by atoms with Crippen LogP contribution in [-0.4, -0.2) is 41.3 Å². The molecule has 1 aromatic heterocycles. The Morgan fingerprint density at radius 2 is 1.64 bits per heavy atom. The first kappa shape index (κ1) is 22.5. The number of rotatable bonds is 6. The topological polar surface area (TPSA) is 88.3 Å². The van der Waals surface area contributed by atoms with E-state index in [4.69, 9.17) is 5.73 Å². The van der Waals surface area contributed by atoms with E-state index in [1.165, 1.54) is 5.56 Å². The van der Waals surface area contributed by atoms with Crippen LogP contribution in [0.1, 0.15) is 35.7 Å². The molecule has 0 atom stereocenters. The highest BCUT2D eigenvalue weighted by atomic mass is 16.2. The number of likely N-dealkylation sites (tertiary alicyclic amines) is 1. The van der Waals surface area contributed by atoms with E-state index in [0.29, 0.717) is 44.5 Å². The van der Waals surface area contributed by atoms with E-state index in [-0.39, 0.29) is 17.6 Å². The maximum atomic E-state index is 13.2. The summed E-state index contributed by atoms with van der Waals surface area (Å²) in [6.07, 6.45) is 3.42. The number of carbonyl (C=O) groups is 2. The number of benzene rings is 2. The predicted molar refractivity (Wildman–Crippen MR) is 130 cm³/mol. The normalized spacial score (nSPS) is 15.1. The van der Waals surface area contributed by atoms with Crippen molar-refractivity contribution in [2.24, 2.45) is 5.41 Å². The number of nitrogens with zero attached hydrogens (tertiary/aromatic N) is 2. The van der Waals surface area contributed by atoms with E-state index < -0.39 is 5.41 Å². The molecule has 6 heteroatoms. The summed E-state index contributed by atoms with van der Waals surface area (Å²) in [5.74, 6) is 0.170. The Balaban J connectivity index is 1.50. The Kier molecular flexibility index (Phi) is 6.73. The lowest BCUT2D eigenvalue weighted by molar-refractivity contribution is -0.133. The minimum absolute atomic E-state index is 0.0603. The molecule has 0 bridgehead atoms. The van der Waals surface area contributed by atoms with Crippen LogP contribution in [0.15, 0.2) is 72.9 Å². The van der Waals surface area contributed by atoms with Gasteiger partial charge in [0, 0.05) is 25.8 Å².